The van der Waals surface area contributed by atoms with E-state index in [0.29, 0.717) is 6.42 Å². The molecule has 0 bridgehead atoms. The molecule has 2 saturated heterocycles. The van der Waals surface area contributed by atoms with Crippen LogP contribution in [0.2, 0.25) is 0 Å². The van der Waals surface area contributed by atoms with Crippen molar-refractivity contribution in [2.24, 2.45) is 11.7 Å². The van der Waals surface area contributed by atoms with E-state index in [9.17, 15) is 18.9 Å². The van der Waals surface area contributed by atoms with Crippen LogP contribution < -0.4 is 5.73 Å². The first kappa shape index (κ1) is 25.0. The van der Waals surface area contributed by atoms with Crippen molar-refractivity contribution >= 4 is 25.5 Å². The van der Waals surface area contributed by atoms with Crippen LogP contribution in [-0.4, -0.2) is 65.9 Å². The number of hydrogen-bond donors (Lipinski definition) is 1. The number of nitrogens with zero attached hydrogens (tertiary/aromatic N) is 1. The van der Waals surface area contributed by atoms with Crippen LogP contribution in [0.15, 0.2) is 12.3 Å². The predicted octanol–water partition coefficient (Wildman–Crippen LogP) is 1.65. The fourth-order valence-electron chi connectivity index (χ4n) is 3.82. The molecule has 0 aromatic heterocycles. The first-order valence-electron chi connectivity index (χ1n) is 10.6. The summed E-state index contributed by atoms with van der Waals surface area (Å²) in [6.45, 7) is 7.00. The molecule has 32 heavy (non-hydrogen) atoms. The Labute approximate surface area is 187 Å². The summed E-state index contributed by atoms with van der Waals surface area (Å²) < 4.78 is 40.4. The topological polar surface area (TPSA) is 144 Å². The summed E-state index contributed by atoms with van der Waals surface area (Å²) in [6.07, 6.45) is 0.384. The Kier molecular flexibility index (Phi) is 7.59. The average Bonchev–Trinajstić information content (AvgIpc) is 2.91. The number of carbonyl (C=O) groups excluding carboxylic acids is 3. The molecular formula is C20H31N2O9P. The third kappa shape index (κ3) is 5.65. The summed E-state index contributed by atoms with van der Waals surface area (Å²) in [4.78, 5) is 36.7. The highest BCUT2D eigenvalue weighted by molar-refractivity contribution is 7.48. The third-order valence-corrected chi connectivity index (χ3v) is 6.90. The van der Waals surface area contributed by atoms with E-state index < -0.39 is 37.7 Å². The van der Waals surface area contributed by atoms with E-state index in [-0.39, 0.29) is 49.8 Å². The fraction of sp³-hybridized carbons (Fsp3) is 0.750. The highest BCUT2D eigenvalue weighted by atomic mass is 31.2. The van der Waals surface area contributed by atoms with Crippen LogP contribution in [0.3, 0.4) is 0 Å². The molecule has 3 heterocycles. The number of ketones is 1. The monoisotopic (exact) mass is 474 g/mol. The standard InChI is InChI=1S/C20H31N2O9P/c1-12(2)29-17(25)9-13(3)6-8-27-32(26)28-11-15-18(31-32)20(4,21)19(30-15)22-7-5-14(23)10-16(22)24/h5,7,12-13,15,18-19H,6,8-11,21H2,1-4H3/t13?,15-,18-,19-,20-,32+/m1/s1. The van der Waals surface area contributed by atoms with Gasteiger partial charge in [-0.25, -0.2) is 4.57 Å². The zero-order chi connectivity index (χ0) is 23.7. The summed E-state index contributed by atoms with van der Waals surface area (Å²) in [7, 11) is -3.92. The first-order chi connectivity index (χ1) is 14.9. The number of rotatable bonds is 8. The quantitative estimate of drug-likeness (QED) is 0.313. The maximum absolute atomic E-state index is 13.0. The van der Waals surface area contributed by atoms with Crippen molar-refractivity contribution in [2.45, 2.75) is 77.0 Å². The molecule has 2 fully saturated rings. The van der Waals surface area contributed by atoms with E-state index in [2.05, 4.69) is 0 Å². The molecule has 11 nitrogen and oxygen atoms in total. The Bertz CT molecular complexity index is 828. The summed E-state index contributed by atoms with van der Waals surface area (Å²) >= 11 is 0. The second-order valence-corrected chi connectivity index (χ2v) is 10.5. The van der Waals surface area contributed by atoms with Crippen LogP contribution in [-0.2, 0) is 42.0 Å². The van der Waals surface area contributed by atoms with E-state index in [1.54, 1.807) is 20.8 Å². The molecule has 1 unspecified atom stereocenters. The Morgan fingerprint density at radius 2 is 2.09 bits per heavy atom. The van der Waals surface area contributed by atoms with Gasteiger partial charge in [-0.2, -0.15) is 0 Å². The number of nitrogens with two attached hydrogens (primary N) is 1. The Morgan fingerprint density at radius 1 is 1.38 bits per heavy atom. The van der Waals surface area contributed by atoms with Gasteiger partial charge in [-0.05, 0) is 39.2 Å². The molecule has 0 aromatic carbocycles. The van der Waals surface area contributed by atoms with E-state index >= 15 is 0 Å². The predicted molar refractivity (Wildman–Crippen MR) is 111 cm³/mol. The van der Waals surface area contributed by atoms with Gasteiger partial charge in [-0.15, -0.1) is 0 Å². The fourth-order valence-corrected chi connectivity index (χ4v) is 5.31. The van der Waals surface area contributed by atoms with Crippen molar-refractivity contribution in [3.63, 3.8) is 0 Å². The molecule has 0 radical (unpaired) electrons. The highest BCUT2D eigenvalue weighted by Gasteiger charge is 2.60. The van der Waals surface area contributed by atoms with E-state index in [1.165, 1.54) is 17.2 Å². The van der Waals surface area contributed by atoms with Gasteiger partial charge in [-0.1, -0.05) is 6.92 Å². The lowest BCUT2D eigenvalue weighted by Crippen LogP contribution is -2.60. The van der Waals surface area contributed by atoms with Gasteiger partial charge in [0.2, 0.25) is 5.91 Å². The lowest BCUT2D eigenvalue weighted by molar-refractivity contribution is -0.149. The average molecular weight is 474 g/mol. The SMILES string of the molecule is CC(CCO[P@@]1(=O)OC[C@H]2O[C@@H](N3C=CC(=O)CC3=O)[C@](C)(N)[C@@H]2O1)CC(=O)OC(C)C. The molecule has 0 aromatic rings. The highest BCUT2D eigenvalue weighted by Crippen LogP contribution is 2.57. The maximum atomic E-state index is 13.0. The summed E-state index contributed by atoms with van der Waals surface area (Å²) in [5.74, 6) is -1.10. The van der Waals surface area contributed by atoms with Gasteiger partial charge < -0.3 is 15.2 Å². The molecule has 2 N–H and O–H groups in total. The number of carbonyl (C=O) groups is 3. The summed E-state index contributed by atoms with van der Waals surface area (Å²) in [5, 5.41) is 0. The Hall–Kier alpha value is -1.62. The Balaban J connectivity index is 1.56. The van der Waals surface area contributed by atoms with Crippen molar-refractivity contribution in [3.8, 4) is 0 Å². The molecule has 180 valence electrons. The molecule has 3 aliphatic rings. The molecule has 1 amide bonds. The van der Waals surface area contributed by atoms with Gasteiger partial charge in [0.1, 0.15) is 12.2 Å². The number of ether oxygens (including phenoxy) is 2. The molecule has 3 aliphatic heterocycles. The molecule has 0 spiro atoms. The van der Waals surface area contributed by atoms with Gasteiger partial charge in [0.25, 0.3) is 0 Å². The number of hydrogen-bond acceptors (Lipinski definition) is 10. The molecular weight excluding hydrogens is 443 g/mol. The van der Waals surface area contributed by atoms with Gasteiger partial charge in [0.15, 0.2) is 12.0 Å². The van der Waals surface area contributed by atoms with Gasteiger partial charge in [0, 0.05) is 12.6 Å². The number of phosphoric ester groups is 1. The van der Waals surface area contributed by atoms with Crippen LogP contribution in [0, 0.1) is 5.92 Å². The van der Waals surface area contributed by atoms with Gasteiger partial charge >= 0.3 is 13.8 Å². The van der Waals surface area contributed by atoms with Crippen molar-refractivity contribution in [1.82, 2.24) is 4.90 Å². The number of phosphoric acid groups is 1. The van der Waals surface area contributed by atoms with Gasteiger partial charge in [0.05, 0.1) is 31.3 Å². The van der Waals surface area contributed by atoms with E-state index in [0.717, 1.165) is 0 Å². The largest absolute Gasteiger partial charge is 0.475 e. The van der Waals surface area contributed by atoms with Crippen molar-refractivity contribution in [1.29, 1.82) is 0 Å². The minimum Gasteiger partial charge on any atom is -0.463 e. The summed E-state index contributed by atoms with van der Waals surface area (Å²) in [5.41, 5.74) is 5.22. The molecule has 3 rings (SSSR count). The van der Waals surface area contributed by atoms with Crippen LogP contribution in [0.4, 0.5) is 0 Å². The smallest absolute Gasteiger partial charge is 0.463 e. The normalized spacial score (nSPS) is 35.8. The third-order valence-electron chi connectivity index (χ3n) is 5.46. The zero-order valence-electron chi connectivity index (χ0n) is 18.7. The number of amides is 1. The van der Waals surface area contributed by atoms with Crippen molar-refractivity contribution in [2.75, 3.05) is 13.2 Å². The minimum atomic E-state index is -3.92. The minimum absolute atomic E-state index is 0.0474. The summed E-state index contributed by atoms with van der Waals surface area (Å²) in [6, 6.07) is 0. The van der Waals surface area contributed by atoms with E-state index in [4.69, 9.17) is 28.8 Å². The number of fused-ring (bicyclic) bond motifs is 1. The lowest BCUT2D eigenvalue weighted by Gasteiger charge is -2.38. The van der Waals surface area contributed by atoms with Crippen molar-refractivity contribution < 1.29 is 42.0 Å². The van der Waals surface area contributed by atoms with Crippen LogP contribution in [0.1, 0.15) is 47.0 Å². The maximum Gasteiger partial charge on any atom is 0.475 e. The molecule has 0 aliphatic carbocycles. The number of esters is 1. The van der Waals surface area contributed by atoms with Crippen LogP contribution in [0.25, 0.3) is 0 Å². The van der Waals surface area contributed by atoms with Crippen LogP contribution >= 0.6 is 7.82 Å². The second-order valence-electron chi connectivity index (χ2n) is 8.89. The van der Waals surface area contributed by atoms with E-state index in [1.807, 2.05) is 6.92 Å². The zero-order valence-corrected chi connectivity index (χ0v) is 19.6. The Morgan fingerprint density at radius 3 is 2.75 bits per heavy atom. The second kappa shape index (κ2) is 9.70. The van der Waals surface area contributed by atoms with Crippen molar-refractivity contribution in [3.05, 3.63) is 12.3 Å². The lowest BCUT2D eigenvalue weighted by atomic mass is 9.92. The van der Waals surface area contributed by atoms with Gasteiger partial charge in [-0.3, -0.25) is 32.9 Å². The number of allylic oxidation sites excluding steroid dienone is 1. The molecule has 6 atom stereocenters. The molecule has 12 heteroatoms. The first-order valence-corrected chi connectivity index (χ1v) is 12.1. The molecule has 0 saturated carbocycles. The van der Waals surface area contributed by atoms with Crippen LogP contribution in [0.5, 0.6) is 0 Å².